The van der Waals surface area contributed by atoms with Crippen LogP contribution in [0.1, 0.15) is 25.3 Å². The smallest absolute Gasteiger partial charge is 0.246 e. The summed E-state index contributed by atoms with van der Waals surface area (Å²) in [5.41, 5.74) is 1.76. The Morgan fingerprint density at radius 2 is 1.69 bits per heavy atom. The zero-order valence-electron chi connectivity index (χ0n) is 16.8. The van der Waals surface area contributed by atoms with Crippen LogP contribution in [0.25, 0.3) is 0 Å². The molecule has 0 unspecified atom stereocenters. The highest BCUT2D eigenvalue weighted by atomic mass is 35.5. The van der Waals surface area contributed by atoms with Crippen LogP contribution in [0.5, 0.6) is 0 Å². The van der Waals surface area contributed by atoms with E-state index in [1.165, 1.54) is 9.87 Å². The third kappa shape index (κ3) is 5.52. The molecule has 0 bridgehead atoms. The molecule has 156 valence electrons. The van der Waals surface area contributed by atoms with Crippen molar-refractivity contribution < 1.29 is 13.2 Å². The number of nitrogens with zero attached hydrogens (tertiary/aromatic N) is 2. The number of carbonyl (C=O) groups is 1. The molecule has 1 fully saturated rings. The molecule has 3 rings (SSSR count). The minimum Gasteiger partial charge on any atom is -0.341 e. The van der Waals surface area contributed by atoms with Crippen LogP contribution in [0.3, 0.4) is 0 Å². The van der Waals surface area contributed by atoms with Crippen molar-refractivity contribution >= 4 is 33.2 Å². The van der Waals surface area contributed by atoms with Gasteiger partial charge in [0, 0.05) is 18.1 Å². The first-order valence-electron chi connectivity index (χ1n) is 9.83. The van der Waals surface area contributed by atoms with E-state index in [2.05, 4.69) is 12.1 Å². The van der Waals surface area contributed by atoms with Gasteiger partial charge in [-0.15, -0.1) is 0 Å². The summed E-state index contributed by atoms with van der Waals surface area (Å²) in [4.78, 5) is 14.9. The number of carbonyl (C=O) groups excluding carboxylic acids is 1. The van der Waals surface area contributed by atoms with Crippen LogP contribution >= 0.6 is 11.6 Å². The van der Waals surface area contributed by atoms with Gasteiger partial charge >= 0.3 is 0 Å². The van der Waals surface area contributed by atoms with Gasteiger partial charge in [-0.25, -0.2) is 8.42 Å². The third-order valence-corrected chi connectivity index (χ3v) is 6.93. The van der Waals surface area contributed by atoms with Crippen LogP contribution in [0.15, 0.2) is 54.6 Å². The number of likely N-dealkylation sites (tertiary alicyclic amines) is 1. The lowest BCUT2D eigenvalue weighted by molar-refractivity contribution is -0.133. The molecule has 1 amide bonds. The first-order chi connectivity index (χ1) is 13.8. The fourth-order valence-electron chi connectivity index (χ4n) is 3.96. The molecule has 0 aromatic heterocycles. The molecule has 2 aromatic carbocycles. The number of amides is 1. The van der Waals surface area contributed by atoms with Crippen molar-refractivity contribution in [1.82, 2.24) is 4.90 Å². The fraction of sp³-hybridized carbons (Fsp3) is 0.409. The summed E-state index contributed by atoms with van der Waals surface area (Å²) in [6.45, 7) is 2.95. The maximum atomic E-state index is 13.1. The van der Waals surface area contributed by atoms with Crippen molar-refractivity contribution in [2.24, 2.45) is 5.92 Å². The molecule has 5 nitrogen and oxygen atoms in total. The molecule has 1 atom stereocenters. The second-order valence-corrected chi connectivity index (χ2v) is 9.97. The van der Waals surface area contributed by atoms with Crippen molar-refractivity contribution in [3.8, 4) is 0 Å². The van der Waals surface area contributed by atoms with E-state index < -0.39 is 16.1 Å². The summed E-state index contributed by atoms with van der Waals surface area (Å²) in [6, 6.07) is 16.1. The van der Waals surface area contributed by atoms with Gasteiger partial charge in [0.25, 0.3) is 0 Å². The van der Waals surface area contributed by atoms with Gasteiger partial charge in [0.05, 0.1) is 11.9 Å². The lowest BCUT2D eigenvalue weighted by atomic mass is 9.90. The van der Waals surface area contributed by atoms with Gasteiger partial charge < -0.3 is 4.90 Å². The monoisotopic (exact) mass is 434 g/mol. The van der Waals surface area contributed by atoms with E-state index >= 15 is 0 Å². The summed E-state index contributed by atoms with van der Waals surface area (Å²) < 4.78 is 26.0. The van der Waals surface area contributed by atoms with E-state index in [1.54, 1.807) is 36.1 Å². The molecule has 0 radical (unpaired) electrons. The molecular formula is C22H27ClN2O3S. The van der Waals surface area contributed by atoms with E-state index in [9.17, 15) is 13.2 Å². The summed E-state index contributed by atoms with van der Waals surface area (Å²) >= 11 is 5.92. The molecule has 1 aliphatic rings. The van der Waals surface area contributed by atoms with Crippen LogP contribution in [0, 0.1) is 5.92 Å². The average Bonchev–Trinajstić information content (AvgIpc) is 2.69. The zero-order valence-corrected chi connectivity index (χ0v) is 18.4. The predicted octanol–water partition coefficient (Wildman–Crippen LogP) is 3.98. The number of anilines is 1. The Hall–Kier alpha value is -2.05. The largest absolute Gasteiger partial charge is 0.341 e. The first-order valence-corrected chi connectivity index (χ1v) is 12.1. The van der Waals surface area contributed by atoms with Gasteiger partial charge in [-0.3, -0.25) is 9.10 Å². The van der Waals surface area contributed by atoms with Crippen LogP contribution < -0.4 is 4.31 Å². The van der Waals surface area contributed by atoms with Gasteiger partial charge in [-0.05, 0) is 61.9 Å². The lowest BCUT2D eigenvalue weighted by Crippen LogP contribution is -2.51. The van der Waals surface area contributed by atoms with E-state index in [1.807, 2.05) is 18.2 Å². The Kier molecular flexibility index (Phi) is 6.85. The molecule has 0 spiro atoms. The maximum Gasteiger partial charge on any atom is 0.246 e. The normalized spacial score (nSPS) is 16.4. The molecule has 7 heteroatoms. The van der Waals surface area contributed by atoms with Gasteiger partial charge in [0.15, 0.2) is 0 Å². The summed E-state index contributed by atoms with van der Waals surface area (Å²) in [5, 5.41) is 0.515. The van der Waals surface area contributed by atoms with Crippen LogP contribution in [-0.4, -0.2) is 44.6 Å². The minimum absolute atomic E-state index is 0.163. The van der Waals surface area contributed by atoms with E-state index in [0.29, 0.717) is 29.7 Å². The highest BCUT2D eigenvalue weighted by Crippen LogP contribution is 2.26. The number of benzene rings is 2. The summed E-state index contributed by atoms with van der Waals surface area (Å²) in [6.07, 6.45) is 3.98. The molecule has 29 heavy (non-hydrogen) atoms. The SMILES string of the molecule is C[C@@H](C(=O)N1CCC(Cc2ccccc2)CC1)N(c1ccc(Cl)cc1)S(C)(=O)=O. The van der Waals surface area contributed by atoms with Crippen molar-refractivity contribution in [2.75, 3.05) is 23.7 Å². The molecule has 0 saturated carbocycles. The maximum absolute atomic E-state index is 13.1. The zero-order chi connectivity index (χ0) is 21.0. The standard InChI is InChI=1S/C22H27ClN2O3S/c1-17(25(29(2,27)28)21-10-8-20(23)9-11-21)22(26)24-14-12-19(13-15-24)16-18-6-4-3-5-7-18/h3-11,17,19H,12-16H2,1-2H3/t17-/m0/s1. The Balaban J connectivity index is 1.66. The topological polar surface area (TPSA) is 57.7 Å². The minimum atomic E-state index is -3.62. The van der Waals surface area contributed by atoms with Crippen molar-refractivity contribution in [2.45, 2.75) is 32.2 Å². The highest BCUT2D eigenvalue weighted by molar-refractivity contribution is 7.92. The second-order valence-electron chi connectivity index (χ2n) is 7.67. The number of halogens is 1. The highest BCUT2D eigenvalue weighted by Gasteiger charge is 2.33. The van der Waals surface area contributed by atoms with Gasteiger partial charge in [-0.1, -0.05) is 41.9 Å². The van der Waals surface area contributed by atoms with E-state index in [0.717, 1.165) is 25.5 Å². The molecule has 0 N–H and O–H groups in total. The quantitative estimate of drug-likeness (QED) is 0.691. The third-order valence-electron chi connectivity index (χ3n) is 5.44. The van der Waals surface area contributed by atoms with Crippen LogP contribution in [0.2, 0.25) is 5.02 Å². The fourth-order valence-corrected chi connectivity index (χ4v) is 5.25. The van der Waals surface area contributed by atoms with Crippen molar-refractivity contribution in [1.29, 1.82) is 0 Å². The number of hydrogen-bond donors (Lipinski definition) is 0. The Morgan fingerprint density at radius 3 is 2.24 bits per heavy atom. The lowest BCUT2D eigenvalue weighted by Gasteiger charge is -2.36. The van der Waals surface area contributed by atoms with E-state index in [-0.39, 0.29) is 5.91 Å². The number of sulfonamides is 1. The Labute approximate surface area is 178 Å². The molecule has 1 aliphatic heterocycles. The van der Waals surface area contributed by atoms with Gasteiger partial charge in [-0.2, -0.15) is 0 Å². The van der Waals surface area contributed by atoms with Gasteiger partial charge in [0.2, 0.25) is 15.9 Å². The van der Waals surface area contributed by atoms with Crippen LogP contribution in [-0.2, 0) is 21.2 Å². The average molecular weight is 435 g/mol. The summed E-state index contributed by atoms with van der Waals surface area (Å²) in [7, 11) is -3.62. The number of piperidine rings is 1. The second kappa shape index (κ2) is 9.18. The molecular weight excluding hydrogens is 408 g/mol. The molecule has 0 aliphatic carbocycles. The predicted molar refractivity (Wildman–Crippen MR) is 118 cm³/mol. The molecule has 1 saturated heterocycles. The number of rotatable bonds is 6. The number of hydrogen-bond acceptors (Lipinski definition) is 3. The van der Waals surface area contributed by atoms with Crippen molar-refractivity contribution in [3.63, 3.8) is 0 Å². The van der Waals surface area contributed by atoms with E-state index in [4.69, 9.17) is 11.6 Å². The summed E-state index contributed by atoms with van der Waals surface area (Å²) in [5.74, 6) is 0.377. The Bertz CT molecular complexity index is 924. The van der Waals surface area contributed by atoms with Crippen molar-refractivity contribution in [3.05, 3.63) is 65.2 Å². The first kappa shape index (κ1) is 21.7. The molecule has 1 heterocycles. The van der Waals surface area contributed by atoms with Crippen LogP contribution in [0.4, 0.5) is 5.69 Å². The molecule has 2 aromatic rings. The van der Waals surface area contributed by atoms with Gasteiger partial charge in [0.1, 0.15) is 6.04 Å². The Morgan fingerprint density at radius 1 is 1.10 bits per heavy atom.